The Bertz CT molecular complexity index is 40.7. The third kappa shape index (κ3) is 3.72. The Kier molecular flexibility index (Phi) is 3.98. The molecule has 3 N–H and O–H groups in total. The normalized spacial score (nSPS) is 14.1. The molecule has 0 bridgehead atoms. The number of ether oxygens (including phenoxy) is 1. The molecular formula is C4H12N2O. The highest BCUT2D eigenvalue weighted by Gasteiger charge is 1.92. The van der Waals surface area contributed by atoms with Crippen molar-refractivity contribution in [3.63, 3.8) is 0 Å². The first-order valence-electron chi connectivity index (χ1n) is 2.26. The molecular weight excluding hydrogens is 92.1 g/mol. The van der Waals surface area contributed by atoms with Gasteiger partial charge in [-0.25, -0.2) is 0 Å². The highest BCUT2D eigenvalue weighted by molar-refractivity contribution is 4.49. The molecule has 0 aliphatic rings. The Morgan fingerprint density at radius 2 is 2.43 bits per heavy atom. The van der Waals surface area contributed by atoms with Crippen LogP contribution in [0.15, 0.2) is 0 Å². The maximum atomic E-state index is 5.03. The summed E-state index contributed by atoms with van der Waals surface area (Å²) in [6.45, 7) is 2.61. The Labute approximate surface area is 43.8 Å². The van der Waals surface area contributed by atoms with E-state index in [4.69, 9.17) is 10.6 Å². The van der Waals surface area contributed by atoms with Gasteiger partial charge in [-0.05, 0) is 6.92 Å². The molecule has 0 amide bonds. The van der Waals surface area contributed by atoms with E-state index < -0.39 is 0 Å². The minimum Gasteiger partial charge on any atom is -0.383 e. The van der Waals surface area contributed by atoms with Crippen LogP contribution in [0.3, 0.4) is 0 Å². The van der Waals surface area contributed by atoms with Crippen LogP contribution in [-0.4, -0.2) is 19.8 Å². The van der Waals surface area contributed by atoms with E-state index in [1.54, 1.807) is 7.11 Å². The van der Waals surface area contributed by atoms with Gasteiger partial charge in [0, 0.05) is 13.2 Å². The summed E-state index contributed by atoms with van der Waals surface area (Å²) in [5.41, 5.74) is 2.54. The van der Waals surface area contributed by atoms with Gasteiger partial charge in [0.15, 0.2) is 0 Å². The second-order valence-electron chi connectivity index (χ2n) is 1.52. The topological polar surface area (TPSA) is 47.3 Å². The van der Waals surface area contributed by atoms with Crippen LogP contribution in [-0.2, 0) is 4.74 Å². The van der Waals surface area contributed by atoms with Gasteiger partial charge in [0.25, 0.3) is 0 Å². The molecule has 0 aromatic heterocycles. The number of hydrazine groups is 1. The van der Waals surface area contributed by atoms with Gasteiger partial charge in [0.1, 0.15) is 0 Å². The zero-order chi connectivity index (χ0) is 5.70. The van der Waals surface area contributed by atoms with E-state index in [0.717, 1.165) is 0 Å². The van der Waals surface area contributed by atoms with E-state index in [-0.39, 0.29) is 6.04 Å². The summed E-state index contributed by atoms with van der Waals surface area (Å²) in [5.74, 6) is 5.03. The third-order valence-corrected chi connectivity index (χ3v) is 0.701. The van der Waals surface area contributed by atoms with E-state index in [1.165, 1.54) is 0 Å². The molecule has 3 heteroatoms. The van der Waals surface area contributed by atoms with Crippen LogP contribution in [0.25, 0.3) is 0 Å². The fraction of sp³-hybridized carbons (Fsp3) is 1.00. The predicted molar refractivity (Wildman–Crippen MR) is 28.7 cm³/mol. The molecule has 0 aliphatic carbocycles. The van der Waals surface area contributed by atoms with Crippen molar-refractivity contribution in [2.24, 2.45) is 5.84 Å². The molecule has 0 rings (SSSR count). The van der Waals surface area contributed by atoms with Gasteiger partial charge in [0.2, 0.25) is 0 Å². The molecule has 0 heterocycles. The molecule has 0 aromatic rings. The number of rotatable bonds is 3. The fourth-order valence-corrected chi connectivity index (χ4v) is 0.298. The third-order valence-electron chi connectivity index (χ3n) is 0.701. The fourth-order valence-electron chi connectivity index (χ4n) is 0.298. The number of methoxy groups -OCH3 is 1. The standard InChI is InChI=1S/C4H12N2O/c1-4(6-5)3-7-2/h4,6H,3,5H2,1-2H3/t4-/m0/s1. The van der Waals surface area contributed by atoms with Crippen molar-refractivity contribution in [1.82, 2.24) is 5.43 Å². The van der Waals surface area contributed by atoms with Crippen LogP contribution in [0, 0.1) is 0 Å². The molecule has 44 valence electrons. The molecule has 0 radical (unpaired) electrons. The average Bonchev–Trinajstić information content (AvgIpc) is 1.68. The Balaban J connectivity index is 2.83. The summed E-state index contributed by atoms with van der Waals surface area (Å²) in [4.78, 5) is 0. The molecule has 0 saturated heterocycles. The molecule has 7 heavy (non-hydrogen) atoms. The second kappa shape index (κ2) is 4.05. The minimum atomic E-state index is 0.255. The Morgan fingerprint density at radius 3 is 2.57 bits per heavy atom. The van der Waals surface area contributed by atoms with Gasteiger partial charge in [0.05, 0.1) is 6.61 Å². The van der Waals surface area contributed by atoms with Gasteiger partial charge in [-0.3, -0.25) is 11.3 Å². The molecule has 0 aliphatic heterocycles. The largest absolute Gasteiger partial charge is 0.383 e. The summed E-state index contributed by atoms with van der Waals surface area (Å²) < 4.78 is 4.75. The van der Waals surface area contributed by atoms with E-state index in [0.29, 0.717) is 6.61 Å². The number of nitrogens with two attached hydrogens (primary N) is 1. The SMILES string of the molecule is COC[C@H](C)NN. The predicted octanol–water partition coefficient (Wildman–Crippen LogP) is -0.515. The first-order chi connectivity index (χ1) is 3.31. The highest BCUT2D eigenvalue weighted by atomic mass is 16.5. The molecule has 0 fully saturated rings. The first kappa shape index (κ1) is 6.88. The molecule has 0 unspecified atom stereocenters. The lowest BCUT2D eigenvalue weighted by molar-refractivity contribution is 0.172. The van der Waals surface area contributed by atoms with Gasteiger partial charge in [-0.2, -0.15) is 0 Å². The van der Waals surface area contributed by atoms with Crippen molar-refractivity contribution in [1.29, 1.82) is 0 Å². The summed E-state index contributed by atoms with van der Waals surface area (Å²) in [5, 5.41) is 0. The summed E-state index contributed by atoms with van der Waals surface area (Å²) in [7, 11) is 1.65. The van der Waals surface area contributed by atoms with Gasteiger partial charge >= 0.3 is 0 Å². The second-order valence-corrected chi connectivity index (χ2v) is 1.52. The summed E-state index contributed by atoms with van der Waals surface area (Å²) >= 11 is 0. The summed E-state index contributed by atoms with van der Waals surface area (Å²) in [6.07, 6.45) is 0. The van der Waals surface area contributed by atoms with Crippen LogP contribution < -0.4 is 11.3 Å². The first-order valence-corrected chi connectivity index (χ1v) is 2.26. The van der Waals surface area contributed by atoms with E-state index >= 15 is 0 Å². The van der Waals surface area contributed by atoms with Gasteiger partial charge < -0.3 is 4.74 Å². The highest BCUT2D eigenvalue weighted by Crippen LogP contribution is 1.75. The molecule has 0 spiro atoms. The number of hydrogen-bond acceptors (Lipinski definition) is 3. The van der Waals surface area contributed by atoms with Crippen molar-refractivity contribution in [2.75, 3.05) is 13.7 Å². The van der Waals surface area contributed by atoms with E-state index in [2.05, 4.69) is 5.43 Å². The zero-order valence-corrected chi connectivity index (χ0v) is 4.77. The maximum absolute atomic E-state index is 5.03. The molecule has 0 saturated carbocycles. The van der Waals surface area contributed by atoms with E-state index in [1.807, 2.05) is 6.92 Å². The quantitative estimate of drug-likeness (QED) is 0.374. The monoisotopic (exact) mass is 104 g/mol. The van der Waals surface area contributed by atoms with E-state index in [9.17, 15) is 0 Å². The minimum absolute atomic E-state index is 0.255. The lowest BCUT2D eigenvalue weighted by Crippen LogP contribution is -2.35. The Hall–Kier alpha value is -0.120. The number of nitrogens with one attached hydrogen (secondary N) is 1. The Morgan fingerprint density at radius 1 is 1.86 bits per heavy atom. The molecule has 3 nitrogen and oxygen atoms in total. The molecule has 1 atom stereocenters. The smallest absolute Gasteiger partial charge is 0.0626 e. The van der Waals surface area contributed by atoms with Crippen molar-refractivity contribution >= 4 is 0 Å². The lowest BCUT2D eigenvalue weighted by atomic mass is 10.4. The van der Waals surface area contributed by atoms with Crippen LogP contribution in [0.4, 0.5) is 0 Å². The van der Waals surface area contributed by atoms with Gasteiger partial charge in [-0.1, -0.05) is 0 Å². The zero-order valence-electron chi connectivity index (χ0n) is 4.77. The number of hydrogen-bond donors (Lipinski definition) is 2. The summed E-state index contributed by atoms with van der Waals surface area (Å²) in [6, 6.07) is 0.255. The lowest BCUT2D eigenvalue weighted by Gasteiger charge is -2.05. The van der Waals surface area contributed by atoms with Crippen molar-refractivity contribution in [3.05, 3.63) is 0 Å². The average molecular weight is 104 g/mol. The van der Waals surface area contributed by atoms with Crippen LogP contribution in [0.5, 0.6) is 0 Å². The maximum Gasteiger partial charge on any atom is 0.0626 e. The van der Waals surface area contributed by atoms with Crippen molar-refractivity contribution in [2.45, 2.75) is 13.0 Å². The molecule has 0 aromatic carbocycles. The van der Waals surface area contributed by atoms with Crippen molar-refractivity contribution < 1.29 is 4.74 Å². The van der Waals surface area contributed by atoms with Crippen molar-refractivity contribution in [3.8, 4) is 0 Å². The van der Waals surface area contributed by atoms with Gasteiger partial charge in [-0.15, -0.1) is 0 Å². The van der Waals surface area contributed by atoms with Crippen LogP contribution >= 0.6 is 0 Å². The van der Waals surface area contributed by atoms with Crippen LogP contribution in [0.1, 0.15) is 6.92 Å². The van der Waals surface area contributed by atoms with Crippen LogP contribution in [0.2, 0.25) is 0 Å².